The molecule has 0 N–H and O–H groups in total. The Morgan fingerprint density at radius 1 is 0.514 bits per heavy atom. The van der Waals surface area contributed by atoms with E-state index in [0.29, 0.717) is 15.6 Å². The third kappa shape index (κ3) is 14.8. The number of ether oxygens (including phenoxy) is 2. The van der Waals surface area contributed by atoms with Crippen LogP contribution < -0.4 is 20.1 Å². The van der Waals surface area contributed by atoms with Crippen molar-refractivity contribution in [3.8, 4) is 33.8 Å². The van der Waals surface area contributed by atoms with Crippen molar-refractivity contribution in [1.29, 1.82) is 0 Å². The molecule has 4 aromatic carbocycles. The fraction of sp³-hybridized carbons (Fsp3) is 0.538. The molecule has 0 aromatic heterocycles. The quantitative estimate of drug-likeness (QED) is 0.0798. The van der Waals surface area contributed by atoms with Crippen LogP contribution in [-0.4, -0.2) is 61.7 Å². The average Bonchev–Trinajstić information content (AvgIpc) is 3.23. The molecular weight excluding hydrogens is 1350 g/mol. The van der Waals surface area contributed by atoms with Crippen molar-refractivity contribution in [2.75, 3.05) is 0 Å². The van der Waals surface area contributed by atoms with Gasteiger partial charge in [0.2, 0.25) is 0 Å². The van der Waals surface area contributed by atoms with Crippen molar-refractivity contribution < 1.29 is 97.4 Å². The number of rotatable bonds is 12. The van der Waals surface area contributed by atoms with E-state index >= 15 is 0 Å². The number of sulfone groups is 2. The summed E-state index contributed by atoms with van der Waals surface area (Å²) >= 11 is 0. The zero-order chi connectivity index (χ0) is 50.6. The minimum Gasteiger partial charge on any atom is -0.489 e. The van der Waals surface area contributed by atoms with Crippen LogP contribution in [-0.2, 0) is 64.4 Å². The predicted molar refractivity (Wildman–Crippen MR) is 268 cm³/mol. The maximum atomic E-state index is 14.2. The molecule has 18 heteroatoms. The largest absolute Gasteiger partial charge is 1.00 e. The topological polar surface area (TPSA) is 86.7 Å². The van der Waals surface area contributed by atoms with Gasteiger partial charge >= 0.3 is 55.8 Å². The Labute approximate surface area is 447 Å². The third-order valence-electron chi connectivity index (χ3n) is 12.0. The molecule has 0 unspecified atom stereocenters. The molecule has 70 heavy (non-hydrogen) atoms. The molecule has 0 spiro atoms. The molecule has 0 amide bonds. The Hall–Kier alpha value is -1.70. The van der Waals surface area contributed by atoms with E-state index in [9.17, 15) is 43.2 Å². The molecule has 396 valence electrons. The van der Waals surface area contributed by atoms with Crippen LogP contribution in [0.3, 0.4) is 0 Å². The van der Waals surface area contributed by atoms with Crippen LogP contribution in [0.25, 0.3) is 22.3 Å². The molecule has 0 aliphatic heterocycles. The normalized spacial score (nSPS) is 15.8. The second-order valence-electron chi connectivity index (χ2n) is 20.2. The monoisotopic (exact) mass is 1420 g/mol. The van der Waals surface area contributed by atoms with E-state index in [0.717, 1.165) is 64.2 Å². The molecule has 2 aliphatic carbocycles. The average molecular weight is 1420 g/mol. The Balaban J connectivity index is 0.000000472. The Bertz CT molecular complexity index is 2440. The summed E-state index contributed by atoms with van der Waals surface area (Å²) in [6.07, 6.45) is 7.72. The molecule has 0 bridgehead atoms. The van der Waals surface area contributed by atoms with E-state index in [4.69, 9.17) is 9.47 Å². The summed E-state index contributed by atoms with van der Waals surface area (Å²) in [5, 5.41) is 2.76. The molecule has 4 aromatic rings. The molecule has 2 aliphatic rings. The van der Waals surface area contributed by atoms with Gasteiger partial charge in [-0.15, -0.1) is 0 Å². The molecule has 0 saturated heterocycles. The number of hydrogen-bond donors (Lipinski definition) is 0. The van der Waals surface area contributed by atoms with Crippen LogP contribution in [0.4, 0.5) is 26.3 Å². The fourth-order valence-electron chi connectivity index (χ4n) is 9.78. The minimum atomic E-state index is -6.44. The molecule has 2 saturated carbocycles. The summed E-state index contributed by atoms with van der Waals surface area (Å²) in [6, 6.07) is 26.2. The van der Waals surface area contributed by atoms with Crippen LogP contribution in [0.2, 0.25) is 0 Å². The number of alkyl halides is 6. The van der Waals surface area contributed by atoms with Gasteiger partial charge in [0.25, 0.3) is 19.7 Å². The molecule has 0 atom stereocenters. The van der Waals surface area contributed by atoms with Gasteiger partial charge in [-0.05, 0) is 108 Å². The first-order chi connectivity index (χ1) is 31.5. The van der Waals surface area contributed by atoms with Crippen LogP contribution >= 0.6 is 15.8 Å². The van der Waals surface area contributed by atoms with Gasteiger partial charge in [-0.2, -0.15) is 26.3 Å². The van der Waals surface area contributed by atoms with E-state index in [1.54, 1.807) is 12.1 Å². The number of benzene rings is 4. The van der Waals surface area contributed by atoms with Crippen LogP contribution in [0, 0.1) is 0 Å². The van der Waals surface area contributed by atoms with E-state index in [-0.39, 0.29) is 75.6 Å². The minimum absolute atomic E-state index is 0. The van der Waals surface area contributed by atoms with Crippen molar-refractivity contribution in [2.24, 2.45) is 0 Å². The van der Waals surface area contributed by atoms with Crippen molar-refractivity contribution in [3.05, 3.63) is 84.9 Å². The summed E-state index contributed by atoms with van der Waals surface area (Å²) < 4.78 is 149. The summed E-state index contributed by atoms with van der Waals surface area (Å²) in [5.41, 5.74) is -9.26. The first kappa shape index (κ1) is 62.6. The summed E-state index contributed by atoms with van der Waals surface area (Å²) in [7, 11) is -14.2. The third-order valence-corrected chi connectivity index (χ3v) is 22.1. The van der Waals surface area contributed by atoms with Crippen molar-refractivity contribution in [1.82, 2.24) is 0 Å². The number of halogens is 6. The standard InChI is InChI=1S/C32H41F6O6PS2.C20H27P.2Au/c1-20(2)43-29-26(46(39,40)31(33,34)35)19-27(47(41,42)32(36,37)38)30(44-21(3)4)28(29)24-17-11-12-18-25(24)45(22-13-7-5-8-14-22)23-15-9-6-10-16-23;1-19(2,3)21(20(4,5)6)18-15-11-10-14-17(18)16-12-8-7-9-13-16;;/h11-12,17-23H,5-10,13-16H2,1-4H3;7-15H,1-6H3;;/q;;2*+1. The second-order valence-corrected chi connectivity index (χ2v) is 30.6. The maximum absolute atomic E-state index is 14.2. The Morgan fingerprint density at radius 3 is 1.24 bits per heavy atom. The van der Waals surface area contributed by atoms with Gasteiger partial charge in [0, 0.05) is 0 Å². The zero-order valence-electron chi connectivity index (χ0n) is 41.5. The SMILES string of the molecule is CC(C)(C)P(c1ccccc1-c1ccccc1)C(C)(C)C.CC(C)Oc1c(S(=O)(=O)C(F)(F)F)cc(S(=O)(=O)C(F)(F)F)c(OC(C)C)c1-c1ccccc1P(C1CCCCC1)C1CCCCC1.[Au+].[Au+]. The smallest absolute Gasteiger partial charge is 0.489 e. The van der Waals surface area contributed by atoms with E-state index in [1.807, 2.05) is 0 Å². The first-order valence-corrected chi connectivity index (χ1v) is 29.3. The van der Waals surface area contributed by atoms with Crippen LogP contribution in [0.15, 0.2) is 94.7 Å². The van der Waals surface area contributed by atoms with Crippen LogP contribution in [0.1, 0.15) is 133 Å². The molecule has 6 nitrogen and oxygen atoms in total. The molecule has 0 heterocycles. The van der Waals surface area contributed by atoms with Gasteiger partial charge < -0.3 is 9.47 Å². The van der Waals surface area contributed by atoms with E-state index in [1.165, 1.54) is 56.3 Å². The van der Waals surface area contributed by atoms with Crippen molar-refractivity contribution >= 4 is 46.1 Å². The molecule has 0 radical (unpaired) electrons. The Morgan fingerprint density at radius 2 is 0.871 bits per heavy atom. The summed E-state index contributed by atoms with van der Waals surface area (Å²) in [5.74, 6) is -1.80. The van der Waals surface area contributed by atoms with Gasteiger partial charge in [0.1, 0.15) is 21.3 Å². The summed E-state index contributed by atoms with van der Waals surface area (Å²) in [6.45, 7) is 20.0. The predicted octanol–water partition coefficient (Wildman–Crippen LogP) is 15.3. The van der Waals surface area contributed by atoms with Crippen LogP contribution in [0.5, 0.6) is 11.5 Å². The Kier molecular flexibility index (Phi) is 22.6. The van der Waals surface area contributed by atoms with Gasteiger partial charge in [-0.1, -0.05) is 175 Å². The van der Waals surface area contributed by atoms with E-state index < -0.39 is 77.7 Å². The maximum Gasteiger partial charge on any atom is 1.00 e. The van der Waals surface area contributed by atoms with E-state index in [2.05, 4.69) is 96.1 Å². The van der Waals surface area contributed by atoms with Crippen molar-refractivity contribution in [2.45, 2.75) is 188 Å². The van der Waals surface area contributed by atoms with Gasteiger partial charge in [-0.3, -0.25) is 0 Å². The first-order valence-electron chi connectivity index (χ1n) is 23.5. The second kappa shape index (κ2) is 25.2. The van der Waals surface area contributed by atoms with Gasteiger partial charge in [0.05, 0.1) is 17.8 Å². The summed E-state index contributed by atoms with van der Waals surface area (Å²) in [4.78, 5) is -3.44. The molecule has 6 rings (SSSR count). The molecular formula is C52H68Au2F6O6P2S2+2. The fourth-order valence-corrected chi connectivity index (χ4v) is 19.8. The number of hydrogen-bond acceptors (Lipinski definition) is 6. The van der Waals surface area contributed by atoms with Crippen molar-refractivity contribution in [3.63, 3.8) is 0 Å². The van der Waals surface area contributed by atoms with Gasteiger partial charge in [-0.25, -0.2) is 16.8 Å². The zero-order valence-corrected chi connectivity index (χ0v) is 49.2. The molecule has 2 fully saturated rings. The van der Waals surface area contributed by atoms with Gasteiger partial charge in [0.15, 0.2) is 0 Å².